The normalized spacial score (nSPS) is 8.58. The minimum absolute atomic E-state index is 0.247. The van der Waals surface area contributed by atoms with Crippen LogP contribution in [0.25, 0.3) is 0 Å². The molecule has 0 fully saturated rings. The fraction of sp³-hybridized carbons (Fsp3) is 0.500. The van der Waals surface area contributed by atoms with Crippen LogP contribution in [0.1, 0.15) is 26.0 Å². The van der Waals surface area contributed by atoms with Crippen molar-refractivity contribution in [2.45, 2.75) is 26.7 Å². The first-order valence-corrected chi connectivity index (χ1v) is 4.44. The van der Waals surface area contributed by atoms with Crippen LogP contribution in [0, 0.1) is 0 Å². The Morgan fingerprint density at radius 3 is 2.58 bits per heavy atom. The van der Waals surface area contributed by atoms with E-state index >= 15 is 0 Å². The summed E-state index contributed by atoms with van der Waals surface area (Å²) < 4.78 is 0. The van der Waals surface area contributed by atoms with E-state index in [9.17, 15) is 0 Å². The Morgan fingerprint density at radius 1 is 1.33 bits per heavy atom. The van der Waals surface area contributed by atoms with Gasteiger partial charge in [-0.25, -0.2) is 0 Å². The Bertz CT molecular complexity index is 174. The third-order valence-corrected chi connectivity index (χ3v) is 1.32. The van der Waals surface area contributed by atoms with Gasteiger partial charge in [-0.2, -0.15) is 0 Å². The van der Waals surface area contributed by atoms with Gasteiger partial charge in [0.25, 0.3) is 0 Å². The van der Waals surface area contributed by atoms with Gasteiger partial charge in [0.2, 0.25) is 0 Å². The van der Waals surface area contributed by atoms with Crippen LogP contribution in [0.5, 0.6) is 0 Å². The number of hydrogen-bond donors (Lipinski definition) is 1. The van der Waals surface area contributed by atoms with E-state index in [1.165, 1.54) is 0 Å². The molecule has 0 aromatic carbocycles. The monoisotopic (exact) mass is 167 g/mol. The van der Waals surface area contributed by atoms with Gasteiger partial charge in [-0.3, -0.25) is 4.98 Å². The average molecular weight is 167 g/mol. The van der Waals surface area contributed by atoms with Gasteiger partial charge in [-0.1, -0.05) is 19.9 Å². The summed E-state index contributed by atoms with van der Waals surface area (Å²) >= 11 is 0. The highest BCUT2D eigenvalue weighted by atomic mass is 16.2. The molecule has 12 heavy (non-hydrogen) atoms. The standard InChI is InChI=1S/C8H11NO.C2H6/c10-7-3-5-8-4-1-2-6-9-8;1-2/h1-2,4,6,10H,3,5,7H2;1-2H3. The first-order chi connectivity index (χ1) is 5.93. The molecule has 0 aliphatic rings. The molecule has 1 N–H and O–H groups in total. The van der Waals surface area contributed by atoms with Gasteiger partial charge < -0.3 is 5.11 Å². The molecule has 1 heterocycles. The summed E-state index contributed by atoms with van der Waals surface area (Å²) in [5, 5.41) is 8.50. The van der Waals surface area contributed by atoms with Gasteiger partial charge in [0, 0.05) is 18.5 Å². The first kappa shape index (κ1) is 11.1. The van der Waals surface area contributed by atoms with Gasteiger partial charge in [0.15, 0.2) is 0 Å². The van der Waals surface area contributed by atoms with E-state index in [1.54, 1.807) is 6.20 Å². The molecular weight excluding hydrogens is 150 g/mol. The molecule has 0 unspecified atom stereocenters. The van der Waals surface area contributed by atoms with Crippen molar-refractivity contribution >= 4 is 0 Å². The number of aliphatic hydroxyl groups excluding tert-OH is 1. The van der Waals surface area contributed by atoms with Crippen LogP contribution < -0.4 is 0 Å². The molecule has 0 radical (unpaired) electrons. The van der Waals surface area contributed by atoms with E-state index < -0.39 is 0 Å². The van der Waals surface area contributed by atoms with Gasteiger partial charge in [0.1, 0.15) is 0 Å². The Hall–Kier alpha value is -0.890. The van der Waals surface area contributed by atoms with Crippen molar-refractivity contribution in [3.63, 3.8) is 0 Å². The molecule has 1 aromatic rings. The number of pyridine rings is 1. The van der Waals surface area contributed by atoms with Crippen LogP contribution in [-0.2, 0) is 6.42 Å². The first-order valence-electron chi connectivity index (χ1n) is 4.44. The van der Waals surface area contributed by atoms with Crippen molar-refractivity contribution in [3.05, 3.63) is 30.1 Å². The maximum atomic E-state index is 8.50. The van der Waals surface area contributed by atoms with Crippen LogP contribution in [0.4, 0.5) is 0 Å². The Kier molecular flexibility index (Phi) is 7.60. The molecule has 1 rings (SSSR count). The fourth-order valence-corrected chi connectivity index (χ4v) is 0.806. The number of aliphatic hydroxyl groups is 1. The quantitative estimate of drug-likeness (QED) is 0.747. The van der Waals surface area contributed by atoms with Crippen molar-refractivity contribution in [1.82, 2.24) is 4.98 Å². The number of rotatable bonds is 3. The lowest BCUT2D eigenvalue weighted by Crippen LogP contribution is -1.91. The molecule has 1 aromatic heterocycles. The highest BCUT2D eigenvalue weighted by molar-refractivity contribution is 5.03. The molecule has 0 saturated carbocycles. The third-order valence-electron chi connectivity index (χ3n) is 1.32. The minimum atomic E-state index is 0.247. The van der Waals surface area contributed by atoms with Crippen LogP contribution in [-0.4, -0.2) is 16.7 Å². The van der Waals surface area contributed by atoms with Gasteiger partial charge in [-0.05, 0) is 25.0 Å². The number of hydrogen-bond acceptors (Lipinski definition) is 2. The highest BCUT2D eigenvalue weighted by Gasteiger charge is 1.89. The topological polar surface area (TPSA) is 33.1 Å². The predicted octanol–water partition coefficient (Wildman–Crippen LogP) is 2.03. The van der Waals surface area contributed by atoms with E-state index in [-0.39, 0.29) is 6.61 Å². The van der Waals surface area contributed by atoms with Crippen LogP contribution in [0.3, 0.4) is 0 Å². The number of nitrogens with zero attached hydrogens (tertiary/aromatic N) is 1. The Balaban J connectivity index is 0.000000561. The van der Waals surface area contributed by atoms with E-state index in [0.29, 0.717) is 0 Å². The van der Waals surface area contributed by atoms with Crippen molar-refractivity contribution in [2.75, 3.05) is 6.61 Å². The van der Waals surface area contributed by atoms with E-state index in [2.05, 4.69) is 4.98 Å². The van der Waals surface area contributed by atoms with Crippen molar-refractivity contribution in [3.8, 4) is 0 Å². The second-order valence-electron chi connectivity index (χ2n) is 2.15. The lowest BCUT2D eigenvalue weighted by molar-refractivity contribution is 0.288. The molecule has 0 atom stereocenters. The Labute approximate surface area is 74.3 Å². The lowest BCUT2D eigenvalue weighted by Gasteiger charge is -1.95. The van der Waals surface area contributed by atoms with Gasteiger partial charge >= 0.3 is 0 Å². The zero-order valence-corrected chi connectivity index (χ0v) is 7.83. The predicted molar refractivity (Wildman–Crippen MR) is 51.0 cm³/mol. The Morgan fingerprint density at radius 2 is 2.08 bits per heavy atom. The van der Waals surface area contributed by atoms with E-state index in [0.717, 1.165) is 18.5 Å². The number of aryl methyl sites for hydroxylation is 1. The molecule has 68 valence electrons. The summed E-state index contributed by atoms with van der Waals surface area (Å²) in [4.78, 5) is 4.11. The zero-order chi connectivity index (χ0) is 9.23. The largest absolute Gasteiger partial charge is 0.396 e. The van der Waals surface area contributed by atoms with Crippen LogP contribution in [0.2, 0.25) is 0 Å². The molecule has 0 spiro atoms. The molecular formula is C10H17NO. The van der Waals surface area contributed by atoms with Gasteiger partial charge in [0.05, 0.1) is 0 Å². The molecule has 2 heteroatoms. The summed E-state index contributed by atoms with van der Waals surface area (Å²) in [6.45, 7) is 4.25. The summed E-state index contributed by atoms with van der Waals surface area (Å²) in [5.41, 5.74) is 1.05. The summed E-state index contributed by atoms with van der Waals surface area (Å²) in [6, 6.07) is 5.82. The minimum Gasteiger partial charge on any atom is -0.396 e. The fourth-order valence-electron chi connectivity index (χ4n) is 0.806. The summed E-state index contributed by atoms with van der Waals surface area (Å²) in [7, 11) is 0. The molecule has 0 aliphatic heterocycles. The van der Waals surface area contributed by atoms with Crippen molar-refractivity contribution < 1.29 is 5.11 Å². The SMILES string of the molecule is CC.OCCCc1ccccn1. The van der Waals surface area contributed by atoms with Crippen molar-refractivity contribution in [1.29, 1.82) is 0 Å². The molecule has 0 saturated heterocycles. The second kappa shape index (κ2) is 8.21. The number of aromatic nitrogens is 1. The van der Waals surface area contributed by atoms with Crippen LogP contribution >= 0.6 is 0 Å². The highest BCUT2D eigenvalue weighted by Crippen LogP contribution is 1.96. The summed E-state index contributed by atoms with van der Waals surface area (Å²) in [6.07, 6.45) is 3.45. The smallest absolute Gasteiger partial charge is 0.0434 e. The van der Waals surface area contributed by atoms with E-state index in [1.807, 2.05) is 32.0 Å². The maximum absolute atomic E-state index is 8.50. The molecule has 2 nitrogen and oxygen atoms in total. The molecule has 0 bridgehead atoms. The lowest BCUT2D eigenvalue weighted by atomic mass is 10.2. The summed E-state index contributed by atoms with van der Waals surface area (Å²) in [5.74, 6) is 0. The average Bonchev–Trinajstić information content (AvgIpc) is 2.19. The maximum Gasteiger partial charge on any atom is 0.0434 e. The third kappa shape index (κ3) is 4.85. The van der Waals surface area contributed by atoms with E-state index in [4.69, 9.17) is 5.11 Å². The van der Waals surface area contributed by atoms with Crippen molar-refractivity contribution in [2.24, 2.45) is 0 Å². The molecule has 0 amide bonds. The van der Waals surface area contributed by atoms with Crippen LogP contribution in [0.15, 0.2) is 24.4 Å². The second-order valence-corrected chi connectivity index (χ2v) is 2.15. The van der Waals surface area contributed by atoms with Gasteiger partial charge in [-0.15, -0.1) is 0 Å². The molecule has 0 aliphatic carbocycles. The zero-order valence-electron chi connectivity index (χ0n) is 7.83.